The summed E-state index contributed by atoms with van der Waals surface area (Å²) >= 11 is 0. The lowest BCUT2D eigenvalue weighted by Crippen LogP contribution is -2.08. The number of aryl methyl sites for hydroxylation is 3. The number of benzene rings is 1. The second-order valence-corrected chi connectivity index (χ2v) is 4.38. The number of esters is 1. The molecule has 0 spiro atoms. The molecule has 0 atom stereocenters. The average Bonchev–Trinajstić information content (AvgIpc) is 2.79. The molecular weight excluding hydrogens is 240 g/mol. The molecule has 4 heteroatoms. The van der Waals surface area contributed by atoms with Gasteiger partial charge in [-0.2, -0.15) is 5.10 Å². The van der Waals surface area contributed by atoms with E-state index in [1.807, 2.05) is 25.1 Å². The minimum absolute atomic E-state index is 0.295. The maximum absolute atomic E-state index is 11.9. The van der Waals surface area contributed by atoms with E-state index in [0.717, 1.165) is 24.2 Å². The summed E-state index contributed by atoms with van der Waals surface area (Å²) in [5, 5.41) is 7.07. The summed E-state index contributed by atoms with van der Waals surface area (Å²) in [6, 6.07) is 10.2. The number of aromatic amines is 1. The van der Waals surface area contributed by atoms with Gasteiger partial charge in [-0.3, -0.25) is 5.10 Å². The van der Waals surface area contributed by atoms with Crippen molar-refractivity contribution >= 4 is 5.97 Å². The van der Waals surface area contributed by atoms with Crippen LogP contribution in [0.1, 0.15) is 34.2 Å². The number of rotatable bonds is 5. The van der Waals surface area contributed by atoms with Crippen LogP contribution in [0.4, 0.5) is 0 Å². The zero-order valence-electron chi connectivity index (χ0n) is 11.3. The van der Waals surface area contributed by atoms with Gasteiger partial charge in [0, 0.05) is 5.69 Å². The fourth-order valence-corrected chi connectivity index (χ4v) is 2.04. The van der Waals surface area contributed by atoms with E-state index in [1.54, 1.807) is 6.92 Å². The summed E-state index contributed by atoms with van der Waals surface area (Å²) in [6.45, 7) is 4.02. The summed E-state index contributed by atoms with van der Waals surface area (Å²) < 4.78 is 5.06. The van der Waals surface area contributed by atoms with Crippen molar-refractivity contribution in [2.75, 3.05) is 6.61 Å². The number of nitrogens with one attached hydrogen (secondary N) is 1. The number of carbonyl (C=O) groups excluding carboxylic acids is 1. The van der Waals surface area contributed by atoms with Crippen LogP contribution >= 0.6 is 0 Å². The van der Waals surface area contributed by atoms with Gasteiger partial charge in [0.15, 0.2) is 0 Å². The second kappa shape index (κ2) is 6.18. The minimum atomic E-state index is -0.295. The molecule has 0 aliphatic rings. The van der Waals surface area contributed by atoms with Gasteiger partial charge in [-0.15, -0.1) is 0 Å². The highest BCUT2D eigenvalue weighted by atomic mass is 16.5. The lowest BCUT2D eigenvalue weighted by atomic mass is 10.1. The Labute approximate surface area is 112 Å². The molecule has 4 nitrogen and oxygen atoms in total. The average molecular weight is 258 g/mol. The van der Waals surface area contributed by atoms with E-state index in [0.29, 0.717) is 12.2 Å². The molecule has 100 valence electrons. The molecule has 0 fully saturated rings. The van der Waals surface area contributed by atoms with Crippen LogP contribution in [-0.4, -0.2) is 22.8 Å². The molecule has 0 aliphatic heterocycles. The number of hydrogen-bond donors (Lipinski definition) is 1. The molecule has 0 saturated heterocycles. The summed E-state index contributed by atoms with van der Waals surface area (Å²) in [5.41, 5.74) is 3.36. The first kappa shape index (κ1) is 13.3. The quantitative estimate of drug-likeness (QED) is 0.839. The van der Waals surface area contributed by atoms with Gasteiger partial charge in [0.2, 0.25) is 0 Å². The molecule has 0 amide bonds. The Morgan fingerprint density at radius 2 is 2.00 bits per heavy atom. The Bertz CT molecular complexity index is 547. The van der Waals surface area contributed by atoms with Gasteiger partial charge in [0.25, 0.3) is 0 Å². The molecule has 1 aromatic heterocycles. The van der Waals surface area contributed by atoms with E-state index in [9.17, 15) is 4.79 Å². The van der Waals surface area contributed by atoms with Gasteiger partial charge in [-0.1, -0.05) is 30.3 Å². The van der Waals surface area contributed by atoms with Crippen LogP contribution in [0.2, 0.25) is 0 Å². The highest BCUT2D eigenvalue weighted by molar-refractivity contribution is 5.91. The van der Waals surface area contributed by atoms with E-state index in [-0.39, 0.29) is 5.97 Å². The van der Waals surface area contributed by atoms with Crippen molar-refractivity contribution in [3.63, 3.8) is 0 Å². The summed E-state index contributed by atoms with van der Waals surface area (Å²) in [7, 11) is 0. The molecule has 2 rings (SSSR count). The van der Waals surface area contributed by atoms with Crippen LogP contribution in [0.15, 0.2) is 30.3 Å². The highest BCUT2D eigenvalue weighted by Gasteiger charge is 2.18. The number of aromatic nitrogens is 2. The minimum Gasteiger partial charge on any atom is -0.462 e. The smallest absolute Gasteiger partial charge is 0.341 e. The van der Waals surface area contributed by atoms with Crippen LogP contribution in [-0.2, 0) is 17.6 Å². The number of ether oxygens (including phenoxy) is 1. The van der Waals surface area contributed by atoms with Crippen molar-refractivity contribution in [2.24, 2.45) is 0 Å². The largest absolute Gasteiger partial charge is 0.462 e. The number of hydrogen-bond acceptors (Lipinski definition) is 3. The predicted octanol–water partition coefficient (Wildman–Crippen LogP) is 2.68. The van der Waals surface area contributed by atoms with Crippen LogP contribution in [0.3, 0.4) is 0 Å². The van der Waals surface area contributed by atoms with Crippen LogP contribution in [0.25, 0.3) is 0 Å². The van der Waals surface area contributed by atoms with Crippen molar-refractivity contribution in [3.8, 4) is 0 Å². The van der Waals surface area contributed by atoms with Crippen molar-refractivity contribution in [2.45, 2.75) is 26.7 Å². The van der Waals surface area contributed by atoms with Crippen molar-refractivity contribution in [3.05, 3.63) is 52.8 Å². The SMILES string of the molecule is CCOC(=O)c1c(CCc2ccccc2)n[nH]c1C. The van der Waals surface area contributed by atoms with Gasteiger partial charge in [-0.25, -0.2) is 4.79 Å². The molecule has 0 unspecified atom stereocenters. The molecule has 1 heterocycles. The van der Waals surface area contributed by atoms with E-state index in [4.69, 9.17) is 4.74 Å². The second-order valence-electron chi connectivity index (χ2n) is 4.38. The van der Waals surface area contributed by atoms with E-state index in [1.165, 1.54) is 5.56 Å². The Morgan fingerprint density at radius 1 is 1.26 bits per heavy atom. The van der Waals surface area contributed by atoms with Gasteiger partial charge >= 0.3 is 5.97 Å². The molecule has 1 aromatic carbocycles. The fraction of sp³-hybridized carbons (Fsp3) is 0.333. The zero-order valence-corrected chi connectivity index (χ0v) is 11.3. The van der Waals surface area contributed by atoms with Crippen molar-refractivity contribution < 1.29 is 9.53 Å². The molecular formula is C15H18N2O2. The third kappa shape index (κ3) is 3.22. The summed E-state index contributed by atoms with van der Waals surface area (Å²) in [6.07, 6.45) is 1.58. The first-order chi connectivity index (χ1) is 9.22. The van der Waals surface area contributed by atoms with Crippen molar-refractivity contribution in [1.29, 1.82) is 0 Å². The summed E-state index contributed by atoms with van der Waals surface area (Å²) in [4.78, 5) is 11.9. The third-order valence-corrected chi connectivity index (χ3v) is 3.00. The van der Waals surface area contributed by atoms with Crippen LogP contribution in [0, 0.1) is 6.92 Å². The van der Waals surface area contributed by atoms with E-state index in [2.05, 4.69) is 22.3 Å². The molecule has 0 aliphatic carbocycles. The Morgan fingerprint density at radius 3 is 2.68 bits per heavy atom. The van der Waals surface area contributed by atoms with Gasteiger partial charge in [-0.05, 0) is 32.3 Å². The van der Waals surface area contributed by atoms with E-state index >= 15 is 0 Å². The molecule has 0 radical (unpaired) electrons. The monoisotopic (exact) mass is 258 g/mol. The lowest BCUT2D eigenvalue weighted by Gasteiger charge is -2.04. The molecule has 0 bridgehead atoms. The Hall–Kier alpha value is -2.10. The fourth-order valence-electron chi connectivity index (χ4n) is 2.04. The van der Waals surface area contributed by atoms with Gasteiger partial charge < -0.3 is 4.74 Å². The maximum Gasteiger partial charge on any atom is 0.341 e. The predicted molar refractivity (Wildman–Crippen MR) is 73.1 cm³/mol. The summed E-state index contributed by atoms with van der Waals surface area (Å²) in [5.74, 6) is -0.295. The Kier molecular flexibility index (Phi) is 4.34. The Balaban J connectivity index is 2.11. The maximum atomic E-state index is 11.9. The lowest BCUT2D eigenvalue weighted by molar-refractivity contribution is 0.0524. The zero-order chi connectivity index (χ0) is 13.7. The number of H-pyrrole nitrogens is 1. The van der Waals surface area contributed by atoms with Gasteiger partial charge in [0.05, 0.1) is 12.3 Å². The normalized spacial score (nSPS) is 10.4. The van der Waals surface area contributed by atoms with Crippen molar-refractivity contribution in [1.82, 2.24) is 10.2 Å². The van der Waals surface area contributed by atoms with E-state index < -0.39 is 0 Å². The number of carbonyl (C=O) groups is 1. The highest BCUT2D eigenvalue weighted by Crippen LogP contribution is 2.15. The van der Waals surface area contributed by atoms with Crippen LogP contribution < -0.4 is 0 Å². The number of nitrogens with zero attached hydrogens (tertiary/aromatic N) is 1. The standard InChI is InChI=1S/C15H18N2O2/c1-3-19-15(18)14-11(2)16-17-13(14)10-9-12-7-5-4-6-8-12/h4-8H,3,9-10H2,1-2H3,(H,16,17). The van der Waals surface area contributed by atoms with Gasteiger partial charge in [0.1, 0.15) is 5.56 Å². The molecule has 19 heavy (non-hydrogen) atoms. The molecule has 0 saturated carbocycles. The third-order valence-electron chi connectivity index (χ3n) is 3.00. The van der Waals surface area contributed by atoms with Crippen LogP contribution in [0.5, 0.6) is 0 Å². The topological polar surface area (TPSA) is 55.0 Å². The molecule has 1 N–H and O–H groups in total. The first-order valence-electron chi connectivity index (χ1n) is 6.47. The first-order valence-corrected chi connectivity index (χ1v) is 6.47. The molecule has 2 aromatic rings.